The second-order valence-corrected chi connectivity index (χ2v) is 10.8. The topological polar surface area (TPSA) is 92.2 Å². The Hall–Kier alpha value is -3.72. The van der Waals surface area contributed by atoms with E-state index in [1.165, 1.54) is 25.7 Å². The van der Waals surface area contributed by atoms with Gasteiger partial charge in [-0.05, 0) is 54.5 Å². The van der Waals surface area contributed by atoms with E-state index in [-0.39, 0.29) is 17.4 Å². The molecular formula is C28H31N7O2. The van der Waals surface area contributed by atoms with Gasteiger partial charge in [-0.2, -0.15) is 14.9 Å². The summed E-state index contributed by atoms with van der Waals surface area (Å²) in [7, 11) is 0. The van der Waals surface area contributed by atoms with Gasteiger partial charge in [0.2, 0.25) is 5.91 Å². The van der Waals surface area contributed by atoms with Crippen molar-refractivity contribution < 1.29 is 9.53 Å². The SMILES string of the molecule is C[C@@H]1COCCN1c1cc(-c2ccc(N3CC4(CCCC4)CC3=O)cc2)c2cnn(-c3cc[nH]n3)c2n1. The first-order chi connectivity index (χ1) is 18.1. The van der Waals surface area contributed by atoms with Gasteiger partial charge in [-0.1, -0.05) is 25.0 Å². The molecule has 1 N–H and O–H groups in total. The van der Waals surface area contributed by atoms with E-state index in [0.29, 0.717) is 25.5 Å². The van der Waals surface area contributed by atoms with Gasteiger partial charge in [0.25, 0.3) is 0 Å². The zero-order valence-corrected chi connectivity index (χ0v) is 21.1. The second-order valence-electron chi connectivity index (χ2n) is 10.8. The van der Waals surface area contributed by atoms with Crippen LogP contribution in [-0.4, -0.2) is 63.2 Å². The van der Waals surface area contributed by atoms with Crippen LogP contribution in [0.15, 0.2) is 48.8 Å². The normalized spacial score (nSPS) is 21.5. The Labute approximate surface area is 215 Å². The lowest BCUT2D eigenvalue weighted by molar-refractivity contribution is -0.117. The first-order valence-corrected chi connectivity index (χ1v) is 13.2. The summed E-state index contributed by atoms with van der Waals surface area (Å²) >= 11 is 0. The minimum Gasteiger partial charge on any atom is -0.377 e. The maximum Gasteiger partial charge on any atom is 0.227 e. The zero-order valence-electron chi connectivity index (χ0n) is 21.1. The van der Waals surface area contributed by atoms with Gasteiger partial charge in [0.1, 0.15) is 5.82 Å². The number of H-pyrrole nitrogens is 1. The van der Waals surface area contributed by atoms with Crippen LogP contribution in [-0.2, 0) is 9.53 Å². The van der Waals surface area contributed by atoms with E-state index in [2.05, 4.69) is 57.5 Å². The summed E-state index contributed by atoms with van der Waals surface area (Å²) in [6, 6.07) is 12.7. The quantitative estimate of drug-likeness (QED) is 0.451. The summed E-state index contributed by atoms with van der Waals surface area (Å²) in [5.74, 6) is 1.85. The molecule has 3 aromatic heterocycles. The lowest BCUT2D eigenvalue weighted by atomic mass is 9.85. The first kappa shape index (κ1) is 22.5. The van der Waals surface area contributed by atoms with Crippen molar-refractivity contribution in [2.45, 2.75) is 45.1 Å². The Morgan fingerprint density at radius 2 is 1.95 bits per heavy atom. The third kappa shape index (κ3) is 3.80. The standard InChI is InChI=1S/C28H31N7O2/c1-19-17-37-13-12-33(19)25-14-22(23-16-30-35(27(23)31-25)24-8-11-29-32-24)20-4-6-21(7-5-20)34-18-28(15-26(34)36)9-2-3-10-28/h4-8,11,14,16,19H,2-3,9-10,12-13,15,17-18H2,1H3,(H,29,32)/t19-/m1/s1. The average Bonchev–Trinajstić information content (AvgIpc) is 3.72. The molecule has 0 radical (unpaired) electrons. The molecule has 9 heteroatoms. The number of anilines is 2. The smallest absolute Gasteiger partial charge is 0.227 e. The van der Waals surface area contributed by atoms with E-state index in [1.54, 1.807) is 10.9 Å². The Morgan fingerprint density at radius 3 is 2.70 bits per heavy atom. The van der Waals surface area contributed by atoms with Crippen molar-refractivity contribution in [3.63, 3.8) is 0 Å². The van der Waals surface area contributed by atoms with Crippen molar-refractivity contribution in [2.75, 3.05) is 36.1 Å². The average molecular weight is 498 g/mol. The van der Waals surface area contributed by atoms with Crippen molar-refractivity contribution in [2.24, 2.45) is 5.41 Å². The molecule has 2 aliphatic heterocycles. The van der Waals surface area contributed by atoms with Crippen molar-refractivity contribution in [3.05, 3.63) is 48.8 Å². The fraction of sp³-hybridized carbons (Fsp3) is 0.429. The van der Waals surface area contributed by atoms with Crippen LogP contribution in [0, 0.1) is 5.41 Å². The number of carbonyl (C=O) groups is 1. The first-order valence-electron chi connectivity index (χ1n) is 13.2. The highest BCUT2D eigenvalue weighted by Gasteiger charge is 2.45. The van der Waals surface area contributed by atoms with E-state index in [9.17, 15) is 4.79 Å². The van der Waals surface area contributed by atoms with Crippen molar-refractivity contribution in [3.8, 4) is 16.9 Å². The van der Waals surface area contributed by atoms with Crippen molar-refractivity contribution in [1.82, 2.24) is 25.0 Å². The fourth-order valence-corrected chi connectivity index (χ4v) is 6.39. The molecule has 37 heavy (non-hydrogen) atoms. The number of nitrogens with zero attached hydrogens (tertiary/aromatic N) is 6. The summed E-state index contributed by atoms with van der Waals surface area (Å²) in [6.45, 7) is 5.15. The summed E-state index contributed by atoms with van der Waals surface area (Å²) in [5, 5.41) is 12.8. The Morgan fingerprint density at radius 1 is 1.11 bits per heavy atom. The van der Waals surface area contributed by atoms with Gasteiger partial charge < -0.3 is 14.5 Å². The lowest BCUT2D eigenvalue weighted by Gasteiger charge is -2.34. The monoisotopic (exact) mass is 497 g/mol. The minimum atomic E-state index is 0.192. The van der Waals surface area contributed by atoms with Gasteiger partial charge in [0.05, 0.1) is 25.5 Å². The molecule has 0 bridgehead atoms. The number of aromatic nitrogens is 5. The molecule has 1 aromatic carbocycles. The van der Waals surface area contributed by atoms with Gasteiger partial charge in [-0.25, -0.2) is 4.98 Å². The van der Waals surface area contributed by atoms with Crippen LogP contribution in [0.5, 0.6) is 0 Å². The number of nitrogens with one attached hydrogen (secondary N) is 1. The Balaban J connectivity index is 1.29. The molecule has 9 nitrogen and oxygen atoms in total. The number of ether oxygens (including phenoxy) is 1. The molecule has 1 saturated carbocycles. The maximum atomic E-state index is 12.9. The molecule has 2 saturated heterocycles. The molecule has 7 rings (SSSR count). The summed E-state index contributed by atoms with van der Waals surface area (Å²) in [6.07, 6.45) is 9.16. The van der Waals surface area contributed by atoms with Crippen LogP contribution >= 0.6 is 0 Å². The van der Waals surface area contributed by atoms with Gasteiger partial charge in [-0.15, -0.1) is 0 Å². The molecular weight excluding hydrogens is 466 g/mol. The van der Waals surface area contributed by atoms with Crippen molar-refractivity contribution >= 4 is 28.4 Å². The minimum absolute atomic E-state index is 0.192. The number of hydrogen-bond acceptors (Lipinski definition) is 6. The van der Waals surface area contributed by atoms with E-state index < -0.39 is 0 Å². The van der Waals surface area contributed by atoms with Crippen LogP contribution in [0.25, 0.3) is 28.0 Å². The number of pyridine rings is 1. The van der Waals surface area contributed by atoms with Crippen LogP contribution in [0.4, 0.5) is 11.5 Å². The van der Waals surface area contributed by atoms with E-state index in [0.717, 1.165) is 46.8 Å². The third-order valence-electron chi connectivity index (χ3n) is 8.37. The van der Waals surface area contributed by atoms with E-state index >= 15 is 0 Å². The Bertz CT molecular complexity index is 1440. The molecule has 3 aliphatic rings. The summed E-state index contributed by atoms with van der Waals surface area (Å²) < 4.78 is 7.46. The number of amides is 1. The highest BCUT2D eigenvalue weighted by molar-refractivity contribution is 5.98. The molecule has 1 spiro atoms. The van der Waals surface area contributed by atoms with E-state index in [4.69, 9.17) is 9.72 Å². The molecule has 1 aliphatic carbocycles. The van der Waals surface area contributed by atoms with Crippen LogP contribution in [0.2, 0.25) is 0 Å². The van der Waals surface area contributed by atoms with Crippen molar-refractivity contribution in [1.29, 1.82) is 0 Å². The third-order valence-corrected chi connectivity index (χ3v) is 8.37. The predicted molar refractivity (Wildman–Crippen MR) is 142 cm³/mol. The summed E-state index contributed by atoms with van der Waals surface area (Å²) in [4.78, 5) is 22.3. The number of carbonyl (C=O) groups excluding carboxylic acids is 1. The molecule has 5 heterocycles. The molecule has 4 aromatic rings. The number of hydrogen-bond donors (Lipinski definition) is 1. The lowest BCUT2D eigenvalue weighted by Crippen LogP contribution is -2.44. The highest BCUT2D eigenvalue weighted by Crippen LogP contribution is 2.47. The molecule has 1 atom stereocenters. The van der Waals surface area contributed by atoms with Gasteiger partial charge >= 0.3 is 0 Å². The predicted octanol–water partition coefficient (Wildman–Crippen LogP) is 4.33. The molecule has 3 fully saturated rings. The van der Waals surface area contributed by atoms with Crippen LogP contribution < -0.4 is 9.80 Å². The van der Waals surface area contributed by atoms with E-state index in [1.807, 2.05) is 17.2 Å². The van der Waals surface area contributed by atoms with Gasteiger partial charge in [0, 0.05) is 42.8 Å². The number of fused-ring (bicyclic) bond motifs is 1. The van der Waals surface area contributed by atoms with Gasteiger partial charge in [-0.3, -0.25) is 9.89 Å². The maximum absolute atomic E-state index is 12.9. The Kier molecular flexibility index (Phi) is 5.28. The number of aromatic amines is 1. The molecule has 190 valence electrons. The number of benzene rings is 1. The fourth-order valence-electron chi connectivity index (χ4n) is 6.39. The largest absolute Gasteiger partial charge is 0.377 e. The molecule has 0 unspecified atom stereocenters. The van der Waals surface area contributed by atoms with Gasteiger partial charge in [0.15, 0.2) is 11.5 Å². The second kappa shape index (κ2) is 8.69. The zero-order chi connectivity index (χ0) is 25.0. The number of morpholine rings is 1. The van der Waals surface area contributed by atoms with Crippen LogP contribution in [0.1, 0.15) is 39.0 Å². The summed E-state index contributed by atoms with van der Waals surface area (Å²) in [5.41, 5.74) is 4.07. The molecule has 1 amide bonds. The highest BCUT2D eigenvalue weighted by atomic mass is 16.5. The number of rotatable bonds is 4. The van der Waals surface area contributed by atoms with Crippen LogP contribution in [0.3, 0.4) is 0 Å².